The van der Waals surface area contributed by atoms with Crippen LogP contribution in [0.2, 0.25) is 0 Å². The van der Waals surface area contributed by atoms with E-state index in [4.69, 9.17) is 17.0 Å². The van der Waals surface area contributed by atoms with E-state index < -0.39 is 5.82 Å². The first-order valence-corrected chi connectivity index (χ1v) is 12.4. The number of carbonyl (C=O) groups is 1. The van der Waals surface area contributed by atoms with Gasteiger partial charge in [0.15, 0.2) is 16.7 Å². The molecule has 174 valence electrons. The molecule has 0 unspecified atom stereocenters. The number of benzene rings is 2. The Kier molecular flexibility index (Phi) is 6.70. The van der Waals surface area contributed by atoms with Gasteiger partial charge in [0.2, 0.25) is 11.8 Å². The second-order valence-corrected chi connectivity index (χ2v) is 9.61. The Hall–Kier alpha value is -3.80. The molecule has 1 amide bonds. The number of amides is 1. The van der Waals surface area contributed by atoms with Crippen molar-refractivity contribution in [1.29, 1.82) is 0 Å². The van der Waals surface area contributed by atoms with Crippen molar-refractivity contribution in [3.63, 3.8) is 0 Å². The van der Waals surface area contributed by atoms with E-state index in [1.807, 2.05) is 41.8 Å². The number of hydrogen-bond donors (Lipinski definition) is 2. The van der Waals surface area contributed by atoms with Gasteiger partial charge in [-0.1, -0.05) is 30.3 Å². The zero-order valence-corrected chi connectivity index (χ0v) is 20.3. The summed E-state index contributed by atoms with van der Waals surface area (Å²) < 4.78 is 21.3. The van der Waals surface area contributed by atoms with Gasteiger partial charge in [-0.25, -0.2) is 19.3 Å². The van der Waals surface area contributed by atoms with E-state index in [2.05, 4.69) is 25.6 Å². The fourth-order valence-electron chi connectivity index (χ4n) is 3.24. The van der Waals surface area contributed by atoms with Gasteiger partial charge < -0.3 is 15.4 Å². The maximum absolute atomic E-state index is 14.8. The lowest BCUT2D eigenvalue weighted by Crippen LogP contribution is -2.35. The predicted molar refractivity (Wildman–Crippen MR) is 140 cm³/mol. The maximum Gasteiger partial charge on any atom is 0.240 e. The molecule has 7 nitrogen and oxygen atoms in total. The normalized spacial score (nSPS) is 10.8. The summed E-state index contributed by atoms with van der Waals surface area (Å²) in [5.41, 5.74) is 1.93. The highest BCUT2D eigenvalue weighted by Gasteiger charge is 2.15. The van der Waals surface area contributed by atoms with Crippen molar-refractivity contribution in [2.45, 2.75) is 6.42 Å². The van der Waals surface area contributed by atoms with Crippen LogP contribution >= 0.6 is 34.9 Å². The summed E-state index contributed by atoms with van der Waals surface area (Å²) in [6, 6.07) is 15.5. The number of halogens is 1. The molecule has 0 saturated heterocycles. The lowest BCUT2D eigenvalue weighted by molar-refractivity contribution is -0.119. The number of ether oxygens (including phenoxy) is 1. The Bertz CT molecular complexity index is 1510. The highest BCUT2D eigenvalue weighted by atomic mass is 32.1. The molecular formula is C24H16FN5O2S3. The molecular weight excluding hydrogens is 505 g/mol. The average molecular weight is 522 g/mol. The highest BCUT2D eigenvalue weighted by molar-refractivity contribution is 7.80. The van der Waals surface area contributed by atoms with E-state index in [9.17, 15) is 9.18 Å². The number of thiocarbonyl (C=S) groups is 1. The highest BCUT2D eigenvalue weighted by Crippen LogP contribution is 2.39. The summed E-state index contributed by atoms with van der Waals surface area (Å²) in [7, 11) is 0. The molecule has 0 radical (unpaired) electrons. The van der Waals surface area contributed by atoms with Crippen LogP contribution in [0.15, 0.2) is 72.5 Å². The molecule has 3 aromatic heterocycles. The molecule has 0 aliphatic heterocycles. The topological polar surface area (TPSA) is 89.0 Å². The van der Waals surface area contributed by atoms with Crippen LogP contribution < -0.4 is 15.4 Å². The fraction of sp³-hybridized carbons (Fsp3) is 0.0417. The Morgan fingerprint density at radius 2 is 1.94 bits per heavy atom. The smallest absolute Gasteiger partial charge is 0.240 e. The SMILES string of the molecule is O=C(Cc1ccccc1)NC(=S)Nc1ccc(Oc2ncnc3cc(-c4nccs4)sc23)c(F)c1. The number of nitrogens with zero attached hydrogens (tertiary/aromatic N) is 3. The third-order valence-corrected chi connectivity index (χ3v) is 7.04. The van der Waals surface area contributed by atoms with Crippen LogP contribution in [0.5, 0.6) is 11.6 Å². The van der Waals surface area contributed by atoms with Crippen LogP contribution in [-0.2, 0) is 11.2 Å². The van der Waals surface area contributed by atoms with Crippen LogP contribution in [-0.4, -0.2) is 26.0 Å². The zero-order valence-electron chi connectivity index (χ0n) is 17.9. The largest absolute Gasteiger partial charge is 0.434 e. The second-order valence-electron chi connectivity index (χ2n) is 7.25. The van der Waals surface area contributed by atoms with E-state index in [1.54, 1.807) is 12.3 Å². The Morgan fingerprint density at radius 1 is 1.09 bits per heavy atom. The summed E-state index contributed by atoms with van der Waals surface area (Å²) in [5, 5.41) is 8.25. The van der Waals surface area contributed by atoms with Crippen molar-refractivity contribution in [2.75, 3.05) is 5.32 Å². The minimum Gasteiger partial charge on any atom is -0.434 e. The van der Waals surface area contributed by atoms with Gasteiger partial charge in [0.1, 0.15) is 16.0 Å². The minimum atomic E-state index is -0.614. The third-order valence-electron chi connectivity index (χ3n) is 4.78. The van der Waals surface area contributed by atoms with Crippen molar-refractivity contribution in [3.8, 4) is 21.5 Å². The van der Waals surface area contributed by atoms with Crippen LogP contribution in [0, 0.1) is 5.82 Å². The number of thiophene rings is 1. The number of thiazole rings is 1. The lowest BCUT2D eigenvalue weighted by atomic mass is 10.1. The maximum atomic E-state index is 14.8. The number of aromatic nitrogens is 3. The number of carbonyl (C=O) groups excluding carboxylic acids is 1. The molecule has 5 aromatic rings. The number of rotatable bonds is 6. The molecule has 35 heavy (non-hydrogen) atoms. The van der Waals surface area contributed by atoms with Crippen LogP contribution in [0.25, 0.3) is 20.1 Å². The van der Waals surface area contributed by atoms with Crippen LogP contribution in [0.4, 0.5) is 10.1 Å². The van der Waals surface area contributed by atoms with Crippen molar-refractivity contribution < 1.29 is 13.9 Å². The molecule has 5 rings (SSSR count). The van der Waals surface area contributed by atoms with E-state index >= 15 is 0 Å². The third kappa shape index (κ3) is 5.48. The van der Waals surface area contributed by atoms with E-state index in [-0.39, 0.29) is 29.1 Å². The average Bonchev–Trinajstić information content (AvgIpc) is 3.51. The van der Waals surface area contributed by atoms with Gasteiger partial charge >= 0.3 is 0 Å². The molecule has 11 heteroatoms. The number of fused-ring (bicyclic) bond motifs is 1. The second kappa shape index (κ2) is 10.2. The van der Waals surface area contributed by atoms with Crippen LogP contribution in [0.3, 0.4) is 0 Å². The molecule has 2 aromatic carbocycles. The molecule has 0 bridgehead atoms. The Morgan fingerprint density at radius 3 is 2.71 bits per heavy atom. The first-order valence-electron chi connectivity index (χ1n) is 10.3. The van der Waals surface area contributed by atoms with Gasteiger partial charge in [0.05, 0.1) is 16.8 Å². The molecule has 0 fully saturated rings. The summed E-state index contributed by atoms with van der Waals surface area (Å²) in [6.45, 7) is 0. The Labute approximate surface area is 212 Å². The first kappa shape index (κ1) is 23.0. The lowest BCUT2D eigenvalue weighted by Gasteiger charge is -2.11. The van der Waals surface area contributed by atoms with E-state index in [0.29, 0.717) is 15.9 Å². The summed E-state index contributed by atoms with van der Waals surface area (Å²) in [5.74, 6) is -0.628. The summed E-state index contributed by atoms with van der Waals surface area (Å²) >= 11 is 8.13. The van der Waals surface area contributed by atoms with Gasteiger partial charge in [-0.2, -0.15) is 0 Å². The fourth-order valence-corrected chi connectivity index (χ4v) is 5.21. The van der Waals surface area contributed by atoms with Crippen molar-refractivity contribution in [1.82, 2.24) is 20.3 Å². The number of hydrogen-bond acceptors (Lipinski definition) is 8. The van der Waals surface area contributed by atoms with Gasteiger partial charge in [0, 0.05) is 23.3 Å². The quantitative estimate of drug-likeness (QED) is 0.273. The molecule has 3 heterocycles. The number of nitrogens with one attached hydrogen (secondary N) is 2. The van der Waals surface area contributed by atoms with Crippen LogP contribution in [0.1, 0.15) is 5.56 Å². The first-order chi connectivity index (χ1) is 17.0. The summed E-state index contributed by atoms with van der Waals surface area (Å²) in [6.07, 6.45) is 3.30. The summed E-state index contributed by atoms with van der Waals surface area (Å²) in [4.78, 5) is 25.9. The van der Waals surface area contributed by atoms with Crippen molar-refractivity contribution in [2.24, 2.45) is 0 Å². The predicted octanol–water partition coefficient (Wildman–Crippen LogP) is 5.80. The standard InChI is InChI=1S/C24H16FN5O2S3/c25-16-11-15(29-24(33)30-20(31)10-14-4-2-1-3-5-14)6-7-18(16)32-22-21-17(27-13-28-22)12-19(35-21)23-26-8-9-34-23/h1-9,11-13H,10H2,(H2,29,30,31,33). The molecule has 0 atom stereocenters. The van der Waals surface area contributed by atoms with Gasteiger partial charge in [0.25, 0.3) is 0 Å². The van der Waals surface area contributed by atoms with E-state index in [1.165, 1.54) is 41.1 Å². The van der Waals surface area contributed by atoms with Gasteiger partial charge in [-0.05, 0) is 36.0 Å². The van der Waals surface area contributed by atoms with Gasteiger partial charge in [-0.3, -0.25) is 4.79 Å². The minimum absolute atomic E-state index is 0.00113. The molecule has 0 aliphatic carbocycles. The molecule has 0 saturated carbocycles. The molecule has 2 N–H and O–H groups in total. The number of anilines is 1. The van der Waals surface area contributed by atoms with E-state index in [0.717, 1.165) is 15.4 Å². The van der Waals surface area contributed by atoms with Gasteiger partial charge in [-0.15, -0.1) is 22.7 Å². The van der Waals surface area contributed by atoms with Crippen molar-refractivity contribution in [3.05, 3.63) is 83.9 Å². The zero-order chi connectivity index (χ0) is 24.2. The van der Waals surface area contributed by atoms with Crippen molar-refractivity contribution >= 4 is 61.8 Å². The monoisotopic (exact) mass is 521 g/mol. The molecule has 0 aliphatic rings. The Balaban J connectivity index is 1.26. The molecule has 0 spiro atoms.